The monoisotopic (exact) mass is 616 g/mol. The number of pyridine rings is 1. The zero-order valence-corrected chi connectivity index (χ0v) is 27.2. The molecule has 45 heavy (non-hydrogen) atoms. The molecule has 1 aromatic carbocycles. The third-order valence-electron chi connectivity index (χ3n) is 10.1. The summed E-state index contributed by atoms with van der Waals surface area (Å²) in [7, 11) is 0. The molecule has 2 bridgehead atoms. The Morgan fingerprint density at radius 2 is 1.76 bits per heavy atom. The quantitative estimate of drug-likeness (QED) is 0.308. The van der Waals surface area contributed by atoms with Crippen LogP contribution in [0.4, 0.5) is 15.0 Å². The Morgan fingerprint density at radius 3 is 2.42 bits per heavy atom. The van der Waals surface area contributed by atoms with Crippen LogP contribution < -0.4 is 9.64 Å². The Labute approximate surface area is 265 Å². The van der Waals surface area contributed by atoms with E-state index in [1.54, 1.807) is 6.20 Å². The van der Waals surface area contributed by atoms with Crippen LogP contribution in [0, 0.1) is 5.82 Å². The first-order chi connectivity index (χ1) is 21.5. The van der Waals surface area contributed by atoms with Crippen molar-refractivity contribution in [3.05, 3.63) is 41.8 Å². The summed E-state index contributed by atoms with van der Waals surface area (Å²) in [6.07, 6.45) is 7.72. The predicted molar refractivity (Wildman–Crippen MR) is 172 cm³/mol. The van der Waals surface area contributed by atoms with Crippen molar-refractivity contribution in [1.82, 2.24) is 24.8 Å². The number of halogens is 1. The van der Waals surface area contributed by atoms with Gasteiger partial charge in [-0.25, -0.2) is 9.18 Å². The first kappa shape index (κ1) is 30.1. The molecule has 3 aromatic rings. The molecule has 4 aliphatic heterocycles. The molecule has 2 atom stereocenters. The lowest BCUT2D eigenvalue weighted by atomic mass is 9.94. The molecule has 240 valence electrons. The second-order valence-electron chi connectivity index (χ2n) is 14.6. The third kappa shape index (κ3) is 5.49. The number of amides is 1. The zero-order chi connectivity index (χ0) is 31.5. The zero-order valence-electron chi connectivity index (χ0n) is 27.2. The Balaban J connectivity index is 1.27. The van der Waals surface area contributed by atoms with Crippen LogP contribution in [0.2, 0.25) is 0 Å². The number of ether oxygens (including phenoxy) is 2. The lowest BCUT2D eigenvalue weighted by Crippen LogP contribution is -2.57. The summed E-state index contributed by atoms with van der Waals surface area (Å²) in [6.45, 7) is 13.7. The van der Waals surface area contributed by atoms with E-state index < -0.39 is 11.4 Å². The number of fused-ring (bicyclic) bond motifs is 4. The molecule has 0 N–H and O–H groups in total. The largest absolute Gasteiger partial charge is 0.461 e. The van der Waals surface area contributed by atoms with Gasteiger partial charge in [0, 0.05) is 24.8 Å². The maximum Gasteiger partial charge on any atom is 0.410 e. The molecule has 9 nitrogen and oxygen atoms in total. The molecular formula is C35H45FN6O3. The highest BCUT2D eigenvalue weighted by molar-refractivity contribution is 5.92. The molecule has 2 aromatic heterocycles. The highest BCUT2D eigenvalue weighted by Crippen LogP contribution is 2.41. The minimum absolute atomic E-state index is 0.00871. The van der Waals surface area contributed by atoms with E-state index in [4.69, 9.17) is 19.4 Å². The van der Waals surface area contributed by atoms with Crippen LogP contribution in [0.15, 0.2) is 30.5 Å². The molecule has 7 rings (SSSR count). The molecule has 0 spiro atoms. The van der Waals surface area contributed by atoms with Gasteiger partial charge in [0.25, 0.3) is 0 Å². The number of aromatic nitrogens is 3. The van der Waals surface area contributed by atoms with Gasteiger partial charge < -0.3 is 14.4 Å². The SMILES string of the molecule is CC(C)c1ccccc1-c1ncc2c(N3C[C@H]4CC[C@@H](C3)N4C(=O)OC(C)(C)C)nc(OCC34CCCN3CCC4)nc2c1F. The second-order valence-corrected chi connectivity index (χ2v) is 14.6. The fourth-order valence-electron chi connectivity index (χ4n) is 8.08. The van der Waals surface area contributed by atoms with Gasteiger partial charge in [-0.1, -0.05) is 38.1 Å². The number of piperazine rings is 1. The Bertz CT molecular complexity index is 1580. The summed E-state index contributed by atoms with van der Waals surface area (Å²) < 4.78 is 28.8. The summed E-state index contributed by atoms with van der Waals surface area (Å²) in [6, 6.07) is 8.00. The number of benzene rings is 1. The number of rotatable bonds is 6. The van der Waals surface area contributed by atoms with Gasteiger partial charge >= 0.3 is 12.1 Å². The van der Waals surface area contributed by atoms with Crippen LogP contribution in [-0.2, 0) is 4.74 Å². The van der Waals surface area contributed by atoms with Gasteiger partial charge in [0.1, 0.15) is 29.2 Å². The number of hydrogen-bond acceptors (Lipinski definition) is 8. The van der Waals surface area contributed by atoms with Gasteiger partial charge in [-0.05, 0) is 83.9 Å². The first-order valence-electron chi connectivity index (χ1n) is 16.6. The second kappa shape index (κ2) is 11.4. The van der Waals surface area contributed by atoms with Crippen molar-refractivity contribution in [2.24, 2.45) is 0 Å². The predicted octanol–water partition coefficient (Wildman–Crippen LogP) is 6.55. The number of carbonyl (C=O) groups excluding carboxylic acids is 1. The smallest absolute Gasteiger partial charge is 0.410 e. The van der Waals surface area contributed by atoms with Crippen molar-refractivity contribution in [1.29, 1.82) is 0 Å². The van der Waals surface area contributed by atoms with Crippen LogP contribution in [0.25, 0.3) is 22.2 Å². The third-order valence-corrected chi connectivity index (χ3v) is 10.1. The van der Waals surface area contributed by atoms with Crippen LogP contribution in [0.3, 0.4) is 0 Å². The maximum absolute atomic E-state index is 16.7. The molecule has 4 saturated heterocycles. The standard InChI is InChI=1S/C35H45FN6O3/c1-22(2)25-10-6-7-11-26(25)29-28(36)30-27(18-37-29)31(39-32(38-30)44-21-35-14-8-16-41(35)17-9-15-35)40-19-23-12-13-24(20-40)42(23)33(43)45-34(3,4)5/h6-7,10-11,18,22-24H,8-9,12-17,19-21H2,1-5H3/t23-,24+. The minimum atomic E-state index is -0.564. The van der Waals surface area contributed by atoms with Gasteiger partial charge in [0.2, 0.25) is 0 Å². The van der Waals surface area contributed by atoms with Gasteiger partial charge in [0.05, 0.1) is 23.0 Å². The normalized spacial score (nSPS) is 22.8. The first-order valence-corrected chi connectivity index (χ1v) is 16.6. The van der Waals surface area contributed by atoms with Crippen molar-refractivity contribution in [3.63, 3.8) is 0 Å². The summed E-state index contributed by atoms with van der Waals surface area (Å²) in [4.78, 5) is 34.1. The topological polar surface area (TPSA) is 83.9 Å². The number of nitrogens with zero attached hydrogens (tertiary/aromatic N) is 6. The highest BCUT2D eigenvalue weighted by atomic mass is 19.1. The molecule has 0 saturated carbocycles. The van der Waals surface area contributed by atoms with E-state index >= 15 is 4.39 Å². The van der Waals surface area contributed by atoms with E-state index in [-0.39, 0.29) is 46.9 Å². The van der Waals surface area contributed by atoms with Crippen molar-refractivity contribution in [2.45, 2.75) is 102 Å². The summed E-state index contributed by atoms with van der Waals surface area (Å²) >= 11 is 0. The summed E-state index contributed by atoms with van der Waals surface area (Å²) in [5.74, 6) is 0.346. The summed E-state index contributed by atoms with van der Waals surface area (Å²) in [5, 5.41) is 0.553. The Hall–Kier alpha value is -3.53. The van der Waals surface area contributed by atoms with E-state index in [1.165, 1.54) is 0 Å². The van der Waals surface area contributed by atoms with E-state index in [0.29, 0.717) is 30.9 Å². The molecule has 6 heterocycles. The average molecular weight is 617 g/mol. The number of hydrogen-bond donors (Lipinski definition) is 0. The maximum atomic E-state index is 16.7. The van der Waals surface area contributed by atoms with Crippen LogP contribution in [0.5, 0.6) is 6.01 Å². The van der Waals surface area contributed by atoms with Crippen LogP contribution >= 0.6 is 0 Å². The lowest BCUT2D eigenvalue weighted by Gasteiger charge is -2.42. The van der Waals surface area contributed by atoms with Crippen molar-refractivity contribution in [2.75, 3.05) is 37.7 Å². The molecule has 1 amide bonds. The number of anilines is 1. The molecule has 4 aliphatic rings. The van der Waals surface area contributed by atoms with E-state index in [0.717, 1.165) is 62.7 Å². The lowest BCUT2D eigenvalue weighted by molar-refractivity contribution is 0.0122. The summed E-state index contributed by atoms with van der Waals surface area (Å²) in [5.41, 5.74) is 1.75. The fraction of sp³-hybridized carbons (Fsp3) is 0.600. The fourth-order valence-corrected chi connectivity index (χ4v) is 8.08. The Morgan fingerprint density at radius 1 is 1.07 bits per heavy atom. The highest BCUT2D eigenvalue weighted by Gasteiger charge is 2.46. The molecule has 0 unspecified atom stereocenters. The Kier molecular flexibility index (Phi) is 7.61. The average Bonchev–Trinajstić information content (AvgIpc) is 3.66. The van der Waals surface area contributed by atoms with E-state index in [2.05, 4.69) is 28.6 Å². The molecule has 4 fully saturated rings. The van der Waals surface area contributed by atoms with Crippen LogP contribution in [0.1, 0.15) is 84.6 Å². The molecular weight excluding hydrogens is 571 g/mol. The van der Waals surface area contributed by atoms with Crippen molar-refractivity contribution in [3.8, 4) is 17.3 Å². The van der Waals surface area contributed by atoms with Gasteiger partial charge in [-0.3, -0.25) is 14.8 Å². The van der Waals surface area contributed by atoms with Gasteiger partial charge in [-0.2, -0.15) is 9.97 Å². The van der Waals surface area contributed by atoms with Gasteiger partial charge in [-0.15, -0.1) is 0 Å². The van der Waals surface area contributed by atoms with E-state index in [9.17, 15) is 4.79 Å². The van der Waals surface area contributed by atoms with Crippen molar-refractivity contribution < 1.29 is 18.7 Å². The van der Waals surface area contributed by atoms with Crippen molar-refractivity contribution >= 4 is 22.8 Å². The molecule has 10 heteroatoms. The minimum Gasteiger partial charge on any atom is -0.461 e. The number of carbonyl (C=O) groups is 1. The molecule has 0 radical (unpaired) electrons. The molecule has 0 aliphatic carbocycles. The van der Waals surface area contributed by atoms with Gasteiger partial charge in [0.15, 0.2) is 5.82 Å². The van der Waals surface area contributed by atoms with Crippen LogP contribution in [-0.4, -0.2) is 86.9 Å². The van der Waals surface area contributed by atoms with E-state index in [1.807, 2.05) is 49.9 Å².